The lowest BCUT2D eigenvalue weighted by Crippen LogP contribution is -2.24. The molecule has 0 aliphatic carbocycles. The van der Waals surface area contributed by atoms with Gasteiger partial charge in [-0.2, -0.15) is 5.10 Å². The lowest BCUT2D eigenvalue weighted by molar-refractivity contribution is -0.107. The predicted molar refractivity (Wildman–Crippen MR) is 53.8 cm³/mol. The molecule has 74 valence electrons. The van der Waals surface area contributed by atoms with Crippen LogP contribution in [0.1, 0.15) is 38.5 Å². The van der Waals surface area contributed by atoms with Crippen molar-refractivity contribution in [1.82, 2.24) is 5.01 Å². The molecule has 1 rings (SSSR count). The van der Waals surface area contributed by atoms with Crippen molar-refractivity contribution in [3.63, 3.8) is 0 Å². The molecule has 1 aliphatic rings. The summed E-state index contributed by atoms with van der Waals surface area (Å²) in [6.07, 6.45) is 9.31. The Morgan fingerprint density at radius 1 is 1.15 bits per heavy atom. The lowest BCUT2D eigenvalue weighted by Gasteiger charge is -2.23. The summed E-state index contributed by atoms with van der Waals surface area (Å²) in [5.41, 5.74) is 0. The quantitative estimate of drug-likeness (QED) is 0.369. The smallest absolute Gasteiger partial charge is 0.120 e. The van der Waals surface area contributed by atoms with Gasteiger partial charge < -0.3 is 4.79 Å². The molecule has 0 N–H and O–H groups in total. The van der Waals surface area contributed by atoms with Crippen LogP contribution < -0.4 is 0 Å². The number of rotatable bonds is 5. The summed E-state index contributed by atoms with van der Waals surface area (Å²) in [5.74, 6) is 0. The van der Waals surface area contributed by atoms with E-state index in [1.807, 2.05) is 6.21 Å². The van der Waals surface area contributed by atoms with Crippen LogP contribution in [0.15, 0.2) is 5.10 Å². The first-order valence-electron chi connectivity index (χ1n) is 5.14. The van der Waals surface area contributed by atoms with Gasteiger partial charge in [0.15, 0.2) is 0 Å². The standard InChI is InChI=1S/C10H18N2O/c13-10-6-1-3-7-11-12-8-4-2-5-9-12/h7,10H,1-6,8-9H2. The highest BCUT2D eigenvalue weighted by molar-refractivity contribution is 5.58. The number of piperidine rings is 1. The van der Waals surface area contributed by atoms with Crippen molar-refractivity contribution in [1.29, 1.82) is 0 Å². The summed E-state index contributed by atoms with van der Waals surface area (Å²) in [7, 11) is 0. The second kappa shape index (κ2) is 6.63. The SMILES string of the molecule is O=CCCCC=NN1CCCCC1. The van der Waals surface area contributed by atoms with E-state index in [1.165, 1.54) is 19.3 Å². The van der Waals surface area contributed by atoms with Crippen molar-refractivity contribution in [2.24, 2.45) is 5.10 Å². The van der Waals surface area contributed by atoms with Gasteiger partial charge in [-0.25, -0.2) is 0 Å². The highest BCUT2D eigenvalue weighted by Gasteiger charge is 2.05. The first-order chi connectivity index (χ1) is 6.43. The van der Waals surface area contributed by atoms with Crippen LogP contribution in [0.25, 0.3) is 0 Å². The number of carbonyl (C=O) groups is 1. The summed E-state index contributed by atoms with van der Waals surface area (Å²) in [6.45, 7) is 2.20. The van der Waals surface area contributed by atoms with Gasteiger partial charge >= 0.3 is 0 Å². The summed E-state index contributed by atoms with van der Waals surface area (Å²) in [6, 6.07) is 0. The molecule has 0 aromatic rings. The maximum Gasteiger partial charge on any atom is 0.120 e. The van der Waals surface area contributed by atoms with E-state index < -0.39 is 0 Å². The van der Waals surface area contributed by atoms with Gasteiger partial charge in [-0.05, 0) is 32.1 Å². The van der Waals surface area contributed by atoms with Crippen LogP contribution in [0.5, 0.6) is 0 Å². The molecule has 0 spiro atoms. The first kappa shape index (κ1) is 10.2. The average molecular weight is 182 g/mol. The Morgan fingerprint density at radius 3 is 2.62 bits per heavy atom. The van der Waals surface area contributed by atoms with Gasteiger partial charge in [-0.15, -0.1) is 0 Å². The Labute approximate surface area is 79.8 Å². The van der Waals surface area contributed by atoms with Crippen molar-refractivity contribution in [3.8, 4) is 0 Å². The number of nitrogens with zero attached hydrogens (tertiary/aromatic N) is 2. The lowest BCUT2D eigenvalue weighted by atomic mass is 10.2. The van der Waals surface area contributed by atoms with Gasteiger partial charge in [-0.1, -0.05) is 0 Å². The molecule has 1 aliphatic heterocycles. The zero-order valence-corrected chi connectivity index (χ0v) is 8.11. The molecular weight excluding hydrogens is 164 g/mol. The van der Waals surface area contributed by atoms with E-state index in [2.05, 4.69) is 10.1 Å². The second-order valence-electron chi connectivity index (χ2n) is 3.41. The predicted octanol–water partition coefficient (Wildman–Crippen LogP) is 1.83. The molecule has 3 nitrogen and oxygen atoms in total. The third-order valence-electron chi connectivity index (χ3n) is 2.23. The monoisotopic (exact) mass is 182 g/mol. The molecule has 0 amide bonds. The fourth-order valence-corrected chi connectivity index (χ4v) is 1.46. The minimum Gasteiger partial charge on any atom is -0.303 e. The molecule has 0 saturated carbocycles. The molecule has 0 bridgehead atoms. The van der Waals surface area contributed by atoms with Crippen LogP contribution >= 0.6 is 0 Å². The van der Waals surface area contributed by atoms with Crippen molar-refractivity contribution in [2.75, 3.05) is 13.1 Å². The summed E-state index contributed by atoms with van der Waals surface area (Å²) in [5, 5.41) is 6.48. The topological polar surface area (TPSA) is 32.7 Å². The van der Waals surface area contributed by atoms with Gasteiger partial charge in [0, 0.05) is 25.7 Å². The third-order valence-corrected chi connectivity index (χ3v) is 2.23. The zero-order chi connectivity index (χ0) is 9.36. The van der Waals surface area contributed by atoms with Gasteiger partial charge in [0.05, 0.1) is 0 Å². The van der Waals surface area contributed by atoms with Gasteiger partial charge in [-0.3, -0.25) is 5.01 Å². The summed E-state index contributed by atoms with van der Waals surface area (Å²) in [4.78, 5) is 10.0. The van der Waals surface area contributed by atoms with Crippen LogP contribution in [0, 0.1) is 0 Å². The molecule has 0 atom stereocenters. The summed E-state index contributed by atoms with van der Waals surface area (Å²) >= 11 is 0. The van der Waals surface area contributed by atoms with Gasteiger partial charge in [0.1, 0.15) is 6.29 Å². The van der Waals surface area contributed by atoms with Gasteiger partial charge in [0.25, 0.3) is 0 Å². The Morgan fingerprint density at radius 2 is 1.92 bits per heavy atom. The minimum atomic E-state index is 0.659. The number of hydrogen-bond acceptors (Lipinski definition) is 3. The van der Waals surface area contributed by atoms with Crippen LogP contribution in [0.2, 0.25) is 0 Å². The Bertz CT molecular complexity index is 162. The van der Waals surface area contributed by atoms with Crippen LogP contribution in [0.3, 0.4) is 0 Å². The van der Waals surface area contributed by atoms with Crippen molar-refractivity contribution < 1.29 is 4.79 Å². The number of unbranched alkanes of at least 4 members (excludes halogenated alkanes) is 2. The average Bonchev–Trinajstić information content (AvgIpc) is 2.19. The maximum atomic E-state index is 10.0. The van der Waals surface area contributed by atoms with Gasteiger partial charge in [0.2, 0.25) is 0 Å². The van der Waals surface area contributed by atoms with Crippen LogP contribution in [0.4, 0.5) is 0 Å². The van der Waals surface area contributed by atoms with E-state index in [9.17, 15) is 4.79 Å². The molecule has 0 unspecified atom stereocenters. The molecule has 13 heavy (non-hydrogen) atoms. The molecular formula is C10H18N2O. The van der Waals surface area contributed by atoms with Crippen molar-refractivity contribution >= 4 is 12.5 Å². The molecule has 0 aromatic carbocycles. The number of hydrazone groups is 1. The molecule has 1 fully saturated rings. The highest BCUT2D eigenvalue weighted by atomic mass is 16.1. The maximum absolute atomic E-state index is 10.0. The van der Waals surface area contributed by atoms with Crippen molar-refractivity contribution in [3.05, 3.63) is 0 Å². The number of hydrogen-bond donors (Lipinski definition) is 0. The molecule has 0 radical (unpaired) electrons. The van der Waals surface area contributed by atoms with Crippen LogP contribution in [-0.4, -0.2) is 30.6 Å². The Balaban J connectivity index is 2.04. The fraction of sp³-hybridized carbons (Fsp3) is 0.800. The number of carbonyl (C=O) groups excluding carboxylic acids is 1. The second-order valence-corrected chi connectivity index (χ2v) is 3.41. The fourth-order valence-electron chi connectivity index (χ4n) is 1.46. The van der Waals surface area contributed by atoms with E-state index in [0.717, 1.165) is 32.2 Å². The third kappa shape index (κ3) is 4.65. The highest BCUT2D eigenvalue weighted by Crippen LogP contribution is 2.08. The van der Waals surface area contributed by atoms with E-state index in [1.54, 1.807) is 0 Å². The Hall–Kier alpha value is -0.860. The number of aldehydes is 1. The largest absolute Gasteiger partial charge is 0.303 e. The minimum absolute atomic E-state index is 0.659. The van der Waals surface area contributed by atoms with E-state index in [0.29, 0.717) is 6.42 Å². The molecule has 0 aromatic heterocycles. The van der Waals surface area contributed by atoms with Crippen molar-refractivity contribution in [2.45, 2.75) is 38.5 Å². The van der Waals surface area contributed by atoms with E-state index in [4.69, 9.17) is 0 Å². The van der Waals surface area contributed by atoms with E-state index in [-0.39, 0.29) is 0 Å². The summed E-state index contributed by atoms with van der Waals surface area (Å²) < 4.78 is 0. The molecule has 1 saturated heterocycles. The van der Waals surface area contributed by atoms with E-state index >= 15 is 0 Å². The normalized spacial score (nSPS) is 18.0. The molecule has 1 heterocycles. The Kier molecular flexibility index (Phi) is 5.22. The van der Waals surface area contributed by atoms with Crippen LogP contribution in [-0.2, 0) is 4.79 Å². The zero-order valence-electron chi connectivity index (χ0n) is 8.11. The molecule has 3 heteroatoms. The first-order valence-corrected chi connectivity index (χ1v) is 5.14.